The van der Waals surface area contributed by atoms with Crippen LogP contribution in [0.4, 0.5) is 5.82 Å². The highest BCUT2D eigenvalue weighted by Crippen LogP contribution is 2.27. The molecule has 1 aliphatic heterocycles. The fourth-order valence-electron chi connectivity index (χ4n) is 2.12. The number of aryl methyl sites for hydroxylation is 1. The van der Waals surface area contributed by atoms with Crippen molar-refractivity contribution in [3.8, 4) is 0 Å². The standard InChI is InChI=1S/C12H18ClN3O/c1-8(2)10-5-11(15(3)14-10)16-7-9(6-13)4-12(16)17/h5,8-9H,4,6-7H2,1-3H3. The maximum atomic E-state index is 11.9. The molecule has 2 rings (SSSR count). The lowest BCUT2D eigenvalue weighted by atomic mass is 10.1. The maximum Gasteiger partial charge on any atom is 0.228 e. The molecule has 1 atom stereocenters. The van der Waals surface area contributed by atoms with Crippen LogP contribution in [0.15, 0.2) is 6.07 Å². The summed E-state index contributed by atoms with van der Waals surface area (Å²) in [5, 5.41) is 4.43. The molecule has 1 aliphatic rings. The fourth-order valence-corrected chi connectivity index (χ4v) is 2.33. The second-order valence-electron chi connectivity index (χ2n) is 4.93. The molecule has 1 aromatic rings. The van der Waals surface area contributed by atoms with E-state index in [9.17, 15) is 4.79 Å². The minimum Gasteiger partial charge on any atom is -0.297 e. The van der Waals surface area contributed by atoms with Crippen LogP contribution in [0.1, 0.15) is 31.9 Å². The van der Waals surface area contributed by atoms with Gasteiger partial charge in [0.05, 0.1) is 5.69 Å². The van der Waals surface area contributed by atoms with E-state index in [0.29, 0.717) is 24.8 Å². The van der Waals surface area contributed by atoms with Gasteiger partial charge in [0, 0.05) is 32.0 Å². The Labute approximate surface area is 107 Å². The van der Waals surface area contributed by atoms with Gasteiger partial charge in [-0.15, -0.1) is 11.6 Å². The first kappa shape index (κ1) is 12.4. The van der Waals surface area contributed by atoms with E-state index in [1.807, 2.05) is 13.1 Å². The average Bonchev–Trinajstić information content (AvgIpc) is 2.81. The van der Waals surface area contributed by atoms with Gasteiger partial charge in [-0.05, 0) is 11.8 Å². The van der Waals surface area contributed by atoms with Gasteiger partial charge < -0.3 is 0 Å². The Balaban J connectivity index is 2.25. The van der Waals surface area contributed by atoms with Gasteiger partial charge >= 0.3 is 0 Å². The Morgan fingerprint density at radius 3 is 2.76 bits per heavy atom. The number of halogens is 1. The van der Waals surface area contributed by atoms with Crippen molar-refractivity contribution in [3.05, 3.63) is 11.8 Å². The van der Waals surface area contributed by atoms with E-state index in [-0.39, 0.29) is 11.8 Å². The van der Waals surface area contributed by atoms with E-state index in [1.54, 1.807) is 9.58 Å². The zero-order chi connectivity index (χ0) is 12.6. The highest BCUT2D eigenvalue weighted by Gasteiger charge is 2.31. The zero-order valence-corrected chi connectivity index (χ0v) is 11.2. The van der Waals surface area contributed by atoms with Crippen LogP contribution in [-0.4, -0.2) is 28.1 Å². The number of nitrogens with zero attached hydrogens (tertiary/aromatic N) is 3. The van der Waals surface area contributed by atoms with Gasteiger partial charge in [-0.25, -0.2) is 0 Å². The first-order chi connectivity index (χ1) is 8.02. The molecule has 1 saturated heterocycles. The predicted molar refractivity (Wildman–Crippen MR) is 68.5 cm³/mol. The largest absolute Gasteiger partial charge is 0.297 e. The second kappa shape index (κ2) is 4.69. The average molecular weight is 256 g/mol. The molecule has 0 N–H and O–H groups in total. The summed E-state index contributed by atoms with van der Waals surface area (Å²) in [5.74, 6) is 2.20. The Bertz CT molecular complexity index is 427. The molecule has 1 unspecified atom stereocenters. The Morgan fingerprint density at radius 2 is 2.29 bits per heavy atom. The predicted octanol–water partition coefficient (Wildman–Crippen LogP) is 2.14. The molecule has 0 aliphatic carbocycles. The first-order valence-electron chi connectivity index (χ1n) is 5.93. The lowest BCUT2D eigenvalue weighted by molar-refractivity contribution is -0.117. The number of hydrogen-bond donors (Lipinski definition) is 0. The Kier molecular flexibility index (Phi) is 3.43. The molecule has 0 spiro atoms. The van der Waals surface area contributed by atoms with Crippen molar-refractivity contribution in [2.75, 3.05) is 17.3 Å². The van der Waals surface area contributed by atoms with E-state index in [0.717, 1.165) is 11.5 Å². The summed E-state index contributed by atoms with van der Waals surface area (Å²) in [6, 6.07) is 2.00. The topological polar surface area (TPSA) is 38.1 Å². The van der Waals surface area contributed by atoms with Crippen molar-refractivity contribution in [1.82, 2.24) is 9.78 Å². The third-order valence-corrected chi connectivity index (χ3v) is 3.60. The van der Waals surface area contributed by atoms with E-state index in [1.165, 1.54) is 0 Å². The second-order valence-corrected chi connectivity index (χ2v) is 5.24. The zero-order valence-electron chi connectivity index (χ0n) is 10.5. The Hall–Kier alpha value is -1.03. The molecule has 0 bridgehead atoms. The van der Waals surface area contributed by atoms with E-state index >= 15 is 0 Å². The number of hydrogen-bond acceptors (Lipinski definition) is 2. The number of carbonyl (C=O) groups is 1. The van der Waals surface area contributed by atoms with Crippen molar-refractivity contribution in [1.29, 1.82) is 0 Å². The number of amides is 1. The van der Waals surface area contributed by atoms with Crippen molar-refractivity contribution in [3.63, 3.8) is 0 Å². The normalized spacial score (nSPS) is 20.6. The molecular formula is C12H18ClN3O. The van der Waals surface area contributed by atoms with Crippen molar-refractivity contribution in [2.45, 2.75) is 26.2 Å². The summed E-state index contributed by atoms with van der Waals surface area (Å²) in [4.78, 5) is 13.7. The van der Waals surface area contributed by atoms with Gasteiger partial charge in [0.25, 0.3) is 0 Å². The van der Waals surface area contributed by atoms with Crippen molar-refractivity contribution < 1.29 is 4.79 Å². The van der Waals surface area contributed by atoms with Gasteiger partial charge in [0.2, 0.25) is 5.91 Å². The lowest BCUT2D eigenvalue weighted by Gasteiger charge is -2.15. The summed E-state index contributed by atoms with van der Waals surface area (Å²) in [6.45, 7) is 4.90. The molecule has 17 heavy (non-hydrogen) atoms. The third kappa shape index (κ3) is 2.32. The van der Waals surface area contributed by atoms with Crippen LogP contribution in [0.25, 0.3) is 0 Å². The quantitative estimate of drug-likeness (QED) is 0.776. The summed E-state index contributed by atoms with van der Waals surface area (Å²) < 4.78 is 1.78. The molecule has 1 fully saturated rings. The highest BCUT2D eigenvalue weighted by atomic mass is 35.5. The van der Waals surface area contributed by atoms with Crippen LogP contribution in [0, 0.1) is 5.92 Å². The summed E-state index contributed by atoms with van der Waals surface area (Å²) in [5.41, 5.74) is 1.02. The first-order valence-corrected chi connectivity index (χ1v) is 6.46. The molecule has 4 nitrogen and oxygen atoms in total. The lowest BCUT2D eigenvalue weighted by Crippen LogP contribution is -2.26. The van der Waals surface area contributed by atoms with Gasteiger partial charge in [-0.2, -0.15) is 5.10 Å². The molecule has 94 valence electrons. The summed E-state index contributed by atoms with van der Waals surface area (Å²) >= 11 is 5.82. The van der Waals surface area contributed by atoms with Gasteiger partial charge in [-0.3, -0.25) is 14.4 Å². The number of anilines is 1. The third-order valence-electron chi connectivity index (χ3n) is 3.17. The highest BCUT2D eigenvalue weighted by molar-refractivity contribution is 6.18. The van der Waals surface area contributed by atoms with E-state index in [4.69, 9.17) is 11.6 Å². The summed E-state index contributed by atoms with van der Waals surface area (Å²) in [7, 11) is 1.88. The molecule has 2 heterocycles. The van der Waals surface area contributed by atoms with E-state index < -0.39 is 0 Å². The van der Waals surface area contributed by atoms with Gasteiger partial charge in [-0.1, -0.05) is 13.8 Å². The molecule has 0 saturated carbocycles. The van der Waals surface area contributed by atoms with Crippen molar-refractivity contribution >= 4 is 23.3 Å². The molecule has 1 aromatic heterocycles. The number of alkyl halides is 1. The number of aromatic nitrogens is 2. The van der Waals surface area contributed by atoms with Crippen LogP contribution < -0.4 is 4.90 Å². The van der Waals surface area contributed by atoms with Crippen LogP contribution in [0.5, 0.6) is 0 Å². The molecular weight excluding hydrogens is 238 g/mol. The van der Waals surface area contributed by atoms with Gasteiger partial charge in [0.15, 0.2) is 0 Å². The minimum absolute atomic E-state index is 0.147. The van der Waals surface area contributed by atoms with Crippen LogP contribution in [-0.2, 0) is 11.8 Å². The van der Waals surface area contributed by atoms with Crippen LogP contribution in [0.2, 0.25) is 0 Å². The van der Waals surface area contributed by atoms with E-state index in [2.05, 4.69) is 18.9 Å². The monoisotopic (exact) mass is 255 g/mol. The number of carbonyl (C=O) groups excluding carboxylic acids is 1. The van der Waals surface area contributed by atoms with Crippen molar-refractivity contribution in [2.24, 2.45) is 13.0 Å². The van der Waals surface area contributed by atoms with Gasteiger partial charge in [0.1, 0.15) is 5.82 Å². The molecule has 0 aromatic carbocycles. The van der Waals surface area contributed by atoms with Crippen LogP contribution >= 0.6 is 11.6 Å². The van der Waals surface area contributed by atoms with Crippen LogP contribution in [0.3, 0.4) is 0 Å². The SMILES string of the molecule is CC(C)c1cc(N2CC(CCl)CC2=O)n(C)n1. The molecule has 1 amide bonds. The fraction of sp³-hybridized carbons (Fsp3) is 0.667. The molecule has 0 radical (unpaired) electrons. The maximum absolute atomic E-state index is 11.9. The molecule has 5 heteroatoms. The summed E-state index contributed by atoms with van der Waals surface area (Å²) in [6.07, 6.45) is 0.547. The minimum atomic E-state index is 0.147. The Morgan fingerprint density at radius 1 is 1.59 bits per heavy atom. The number of rotatable bonds is 3. The smallest absolute Gasteiger partial charge is 0.228 e.